The average molecular weight is 352 g/mol. The Labute approximate surface area is 142 Å². The van der Waals surface area contributed by atoms with Gasteiger partial charge in [0.2, 0.25) is 5.75 Å². The van der Waals surface area contributed by atoms with E-state index >= 15 is 0 Å². The van der Waals surface area contributed by atoms with E-state index in [1.54, 1.807) is 6.92 Å². The van der Waals surface area contributed by atoms with E-state index in [1.807, 2.05) is 0 Å². The van der Waals surface area contributed by atoms with Crippen LogP contribution in [0.1, 0.15) is 5.56 Å². The zero-order chi connectivity index (χ0) is 18.7. The van der Waals surface area contributed by atoms with Gasteiger partial charge in [-0.2, -0.15) is 0 Å². The fourth-order valence-corrected chi connectivity index (χ4v) is 2.42. The molecule has 0 saturated carbocycles. The molecule has 0 radical (unpaired) electrons. The molecule has 0 unspecified atom stereocenters. The Morgan fingerprint density at radius 1 is 1.28 bits per heavy atom. The molecule has 0 bridgehead atoms. The lowest BCUT2D eigenvalue weighted by atomic mass is 10.1. The molecule has 10 heteroatoms. The first-order valence-corrected chi connectivity index (χ1v) is 7.04. The lowest BCUT2D eigenvalue weighted by molar-refractivity contribution is -0.385. The van der Waals surface area contributed by atoms with Gasteiger partial charge in [-0.1, -0.05) is 0 Å². The number of aryl methyl sites for hydroxylation is 1. The number of rotatable bonds is 4. The minimum absolute atomic E-state index is 0.0618. The molecule has 1 heterocycles. The fraction of sp³-hybridized carbons (Fsp3) is 0.333. The molecular formula is C15H16N2O8. The molecule has 1 N–H and O–H groups in total. The minimum atomic E-state index is -0.868. The second-order valence-corrected chi connectivity index (χ2v) is 5.12. The van der Waals surface area contributed by atoms with Crippen molar-refractivity contribution < 1.29 is 33.8 Å². The molecule has 2 rings (SSSR count). The van der Waals surface area contributed by atoms with Crippen LogP contribution < -0.4 is 4.90 Å². The van der Waals surface area contributed by atoms with Crippen LogP contribution in [0.15, 0.2) is 23.4 Å². The van der Waals surface area contributed by atoms with Crippen LogP contribution in [0.3, 0.4) is 0 Å². The summed E-state index contributed by atoms with van der Waals surface area (Å²) in [4.78, 5) is 35.6. The monoisotopic (exact) mass is 352 g/mol. The van der Waals surface area contributed by atoms with Crippen molar-refractivity contribution in [2.24, 2.45) is 0 Å². The number of anilines is 1. The number of nitro benzene ring substituents is 1. The number of esters is 2. The summed E-state index contributed by atoms with van der Waals surface area (Å²) in [6.45, 7) is 1.16. The zero-order valence-corrected chi connectivity index (χ0v) is 13.8. The summed E-state index contributed by atoms with van der Waals surface area (Å²) in [5, 5.41) is 21.4. The number of nitrogens with zero attached hydrogens (tertiary/aromatic N) is 2. The predicted octanol–water partition coefficient (Wildman–Crippen LogP) is 1.00. The Morgan fingerprint density at radius 2 is 1.92 bits per heavy atom. The van der Waals surface area contributed by atoms with Crippen molar-refractivity contribution in [2.75, 3.05) is 32.5 Å². The number of phenols is 1. The van der Waals surface area contributed by atoms with Crippen LogP contribution in [0.5, 0.6) is 5.75 Å². The lowest BCUT2D eigenvalue weighted by Crippen LogP contribution is -2.38. The molecule has 0 atom stereocenters. The third-order valence-electron chi connectivity index (χ3n) is 3.53. The van der Waals surface area contributed by atoms with Gasteiger partial charge in [0, 0.05) is 6.07 Å². The molecule has 134 valence electrons. The van der Waals surface area contributed by atoms with Gasteiger partial charge in [-0.25, -0.2) is 9.59 Å². The SMILES string of the molecule is COC(=O)C1=C(C(=O)OC)N(c2cc(C)cc([N+](=O)[O-])c2O)COC1. The molecule has 25 heavy (non-hydrogen) atoms. The van der Waals surface area contributed by atoms with Crippen LogP contribution >= 0.6 is 0 Å². The Morgan fingerprint density at radius 3 is 2.48 bits per heavy atom. The standard InChI is InChI=1S/C15H16N2O8/c1-8-4-10(13(18)11(5-8)17(21)22)16-7-25-6-9(14(19)23-2)12(16)15(20)24-3/h4-5,18H,6-7H2,1-3H3. The Hall–Kier alpha value is -3.14. The summed E-state index contributed by atoms with van der Waals surface area (Å²) in [5.41, 5.74) is -0.466. The predicted molar refractivity (Wildman–Crippen MR) is 83.9 cm³/mol. The number of aromatic hydroxyl groups is 1. The van der Waals surface area contributed by atoms with Crippen molar-refractivity contribution in [3.05, 3.63) is 39.1 Å². The number of nitro groups is 1. The van der Waals surface area contributed by atoms with E-state index in [2.05, 4.69) is 4.74 Å². The number of methoxy groups -OCH3 is 2. The number of hydrogen-bond donors (Lipinski definition) is 1. The summed E-state index contributed by atoms with van der Waals surface area (Å²) in [7, 11) is 2.26. The van der Waals surface area contributed by atoms with Gasteiger partial charge in [0.05, 0.1) is 37.0 Å². The summed E-state index contributed by atoms with van der Waals surface area (Å²) >= 11 is 0. The van der Waals surface area contributed by atoms with Crippen molar-refractivity contribution >= 4 is 23.3 Å². The van der Waals surface area contributed by atoms with Crippen LogP contribution in [-0.2, 0) is 23.8 Å². The summed E-state index contributed by atoms with van der Waals surface area (Å²) in [6.07, 6.45) is 0. The molecule has 0 aromatic heterocycles. The van der Waals surface area contributed by atoms with Gasteiger partial charge in [0.25, 0.3) is 0 Å². The molecule has 1 aliphatic heterocycles. The van der Waals surface area contributed by atoms with Crippen molar-refractivity contribution in [3.63, 3.8) is 0 Å². The number of carbonyl (C=O) groups is 2. The number of ether oxygens (including phenoxy) is 3. The molecule has 0 spiro atoms. The van der Waals surface area contributed by atoms with Crippen LogP contribution in [0, 0.1) is 17.0 Å². The van der Waals surface area contributed by atoms with E-state index in [-0.39, 0.29) is 30.3 Å². The maximum Gasteiger partial charge on any atom is 0.355 e. The summed E-state index contributed by atoms with van der Waals surface area (Å²) in [5.74, 6) is -2.34. The van der Waals surface area contributed by atoms with E-state index in [1.165, 1.54) is 12.1 Å². The Bertz CT molecular complexity index is 771. The third kappa shape index (κ3) is 3.38. The first kappa shape index (κ1) is 18.2. The van der Waals surface area contributed by atoms with Crippen molar-refractivity contribution in [1.29, 1.82) is 0 Å². The third-order valence-corrected chi connectivity index (χ3v) is 3.53. The quantitative estimate of drug-likeness (QED) is 0.479. The molecule has 1 aromatic rings. The molecular weight excluding hydrogens is 336 g/mol. The van der Waals surface area contributed by atoms with Gasteiger partial charge in [0.1, 0.15) is 12.4 Å². The van der Waals surface area contributed by atoms with Crippen LogP contribution in [0.4, 0.5) is 11.4 Å². The summed E-state index contributed by atoms with van der Waals surface area (Å²) in [6, 6.07) is 2.61. The number of phenolic OH excluding ortho intramolecular Hbond substituents is 1. The highest BCUT2D eigenvalue weighted by atomic mass is 16.6. The maximum absolute atomic E-state index is 12.2. The van der Waals surface area contributed by atoms with Crippen LogP contribution in [0.2, 0.25) is 0 Å². The smallest absolute Gasteiger partial charge is 0.355 e. The fourth-order valence-electron chi connectivity index (χ4n) is 2.42. The Kier molecular flexibility index (Phi) is 5.22. The number of carbonyl (C=O) groups excluding carboxylic acids is 2. The molecule has 0 fully saturated rings. The highest BCUT2D eigenvalue weighted by Crippen LogP contribution is 2.40. The normalized spacial score (nSPS) is 14.3. The molecule has 1 aromatic carbocycles. The maximum atomic E-state index is 12.2. The average Bonchev–Trinajstić information content (AvgIpc) is 2.61. The zero-order valence-electron chi connectivity index (χ0n) is 13.8. The first-order chi connectivity index (χ1) is 11.8. The van der Waals surface area contributed by atoms with E-state index in [4.69, 9.17) is 9.47 Å². The first-order valence-electron chi connectivity index (χ1n) is 7.04. The van der Waals surface area contributed by atoms with E-state index in [9.17, 15) is 24.8 Å². The summed E-state index contributed by atoms with van der Waals surface area (Å²) < 4.78 is 14.6. The van der Waals surface area contributed by atoms with Gasteiger partial charge in [0.15, 0.2) is 0 Å². The van der Waals surface area contributed by atoms with Gasteiger partial charge in [-0.3, -0.25) is 10.1 Å². The minimum Gasteiger partial charge on any atom is -0.501 e. The van der Waals surface area contributed by atoms with Crippen molar-refractivity contribution in [1.82, 2.24) is 0 Å². The van der Waals surface area contributed by atoms with Gasteiger partial charge < -0.3 is 24.2 Å². The topological polar surface area (TPSA) is 128 Å². The van der Waals surface area contributed by atoms with E-state index in [0.29, 0.717) is 5.56 Å². The number of hydrogen-bond acceptors (Lipinski definition) is 9. The number of benzene rings is 1. The largest absolute Gasteiger partial charge is 0.501 e. The molecule has 1 aliphatic rings. The molecule has 10 nitrogen and oxygen atoms in total. The van der Waals surface area contributed by atoms with Gasteiger partial charge in [-0.15, -0.1) is 0 Å². The lowest BCUT2D eigenvalue weighted by Gasteiger charge is -2.31. The van der Waals surface area contributed by atoms with Crippen LogP contribution in [0.25, 0.3) is 0 Å². The Balaban J connectivity index is 2.70. The van der Waals surface area contributed by atoms with Gasteiger partial charge >= 0.3 is 17.6 Å². The second-order valence-electron chi connectivity index (χ2n) is 5.12. The van der Waals surface area contributed by atoms with Crippen molar-refractivity contribution in [2.45, 2.75) is 6.92 Å². The highest BCUT2D eigenvalue weighted by molar-refractivity contribution is 6.03. The van der Waals surface area contributed by atoms with E-state index in [0.717, 1.165) is 19.1 Å². The highest BCUT2D eigenvalue weighted by Gasteiger charge is 2.35. The molecule has 0 aliphatic carbocycles. The second kappa shape index (κ2) is 7.18. The van der Waals surface area contributed by atoms with E-state index < -0.39 is 28.3 Å². The molecule has 0 amide bonds. The molecule has 0 saturated heterocycles. The van der Waals surface area contributed by atoms with Crippen LogP contribution in [-0.4, -0.2) is 49.5 Å². The van der Waals surface area contributed by atoms with Gasteiger partial charge in [-0.05, 0) is 18.6 Å². The van der Waals surface area contributed by atoms with Crippen molar-refractivity contribution in [3.8, 4) is 5.75 Å².